The number of pyridine rings is 6. The van der Waals surface area contributed by atoms with Crippen LogP contribution in [0.25, 0.3) is 49.6 Å². The minimum atomic E-state index is -0.877. The first-order valence-electron chi connectivity index (χ1n) is 31.3. The number of alkyl halides is 1. The molecule has 562 valence electrons. The average molecular weight is 1590 g/mol. The van der Waals surface area contributed by atoms with Gasteiger partial charge < -0.3 is 28.8 Å². The maximum absolute atomic E-state index is 13.9. The summed E-state index contributed by atoms with van der Waals surface area (Å²) in [5, 5.41) is 10.8. The summed E-state index contributed by atoms with van der Waals surface area (Å²) in [5.74, 6) is -5.54. The van der Waals surface area contributed by atoms with Gasteiger partial charge in [0, 0.05) is 92.8 Å². The standard InChI is InChI=1S/C23H18ClF2N5O4S.C23H19F2N5O4S.C17H16N4O4S.C6H4ClF2N.CH4/c1-4-34-23(33)19-27-6-5-15(29-19)21-30-20(12(3)36-21)31-11(2)7-17(18(24)22(31)32)35-10-16-14(26)8-13(25)9-28-16;1-4-33-23(32)20-26-6-5-17(28-20)22-29-21(13(3)35-22)30-12(2)7-15(9-19(30)31)34-11-18-16(25)8-14(24)10-27-18;1-4-25-17(24)14-18-6-5-12(19-14)16-20-15(10(3)26-16)21-9(2)7-11(22)8-13(21)23;7-2-6-5(9)1-4(8)3-10-6;/h5-9H,4,10H2,1-3H3;5-10H,4,11H2,1-3H3;5-8,22H,4H2,1-3H3;1,3H,2H2;1H4. The van der Waals surface area contributed by atoms with Crippen molar-refractivity contribution in [2.24, 2.45) is 0 Å². The molecule has 0 unspecified atom stereocenters. The van der Waals surface area contributed by atoms with E-state index in [1.54, 1.807) is 72.7 Å². The molecule has 38 heteroatoms. The third kappa shape index (κ3) is 20.1. The molecule has 0 aliphatic heterocycles. The largest absolute Gasteiger partial charge is 0.508 e. The van der Waals surface area contributed by atoms with Crippen LogP contribution in [0.2, 0.25) is 5.02 Å². The smallest absolute Gasteiger partial charge is 0.376 e. The molecule has 0 saturated carbocycles. The SMILES string of the molecule is C.CCOC(=O)c1nccc(-c2nc(-n3c(C)cc(O)cc3=O)c(C)s2)n1.CCOC(=O)c1nccc(-c2nc(-n3c(C)cc(OCc4ncc(F)cc4F)c(Cl)c3=O)c(C)s2)n1.CCOC(=O)c1nccc(-c2nc(-n3c(C)cc(OCc4ncc(F)cc4F)cc3=O)c(C)s2)n1.Fc1cnc(CCl)c(F)c1. The van der Waals surface area contributed by atoms with E-state index in [-0.39, 0.29) is 109 Å². The number of hydrogen-bond donors (Lipinski definition) is 1. The molecule has 12 aromatic rings. The van der Waals surface area contributed by atoms with Crippen molar-refractivity contribution >= 4 is 75.1 Å². The molecule has 0 amide bonds. The molecule has 12 rings (SSSR count). The van der Waals surface area contributed by atoms with E-state index in [1.807, 2.05) is 13.8 Å². The fourth-order valence-corrected chi connectivity index (χ4v) is 12.4. The van der Waals surface area contributed by atoms with E-state index in [0.29, 0.717) is 83.6 Å². The molecule has 12 aromatic heterocycles. The van der Waals surface area contributed by atoms with Gasteiger partial charge in [0.15, 0.2) is 29.1 Å². The molecule has 0 spiro atoms. The van der Waals surface area contributed by atoms with E-state index in [0.717, 1.165) is 40.5 Å². The number of aromatic hydroxyl groups is 1. The molecule has 0 atom stereocenters. The van der Waals surface area contributed by atoms with Gasteiger partial charge >= 0.3 is 17.9 Å². The lowest BCUT2D eigenvalue weighted by molar-refractivity contribution is 0.0503. The third-order valence-electron chi connectivity index (χ3n) is 14.2. The first-order valence-corrected chi connectivity index (χ1v) is 34.7. The second-order valence-electron chi connectivity index (χ2n) is 21.8. The number of aromatic nitrogens is 15. The summed E-state index contributed by atoms with van der Waals surface area (Å²) in [7, 11) is 0. The number of ether oxygens (including phenoxy) is 5. The van der Waals surface area contributed by atoms with Gasteiger partial charge in [-0.05, 0) is 86.6 Å². The van der Waals surface area contributed by atoms with Crippen LogP contribution in [0, 0.1) is 76.4 Å². The number of carbonyl (C=O) groups is 3. The number of nitrogens with zero attached hydrogens (tertiary/aromatic N) is 15. The van der Waals surface area contributed by atoms with Crippen LogP contribution >= 0.6 is 57.2 Å². The normalized spacial score (nSPS) is 10.7. The summed E-state index contributed by atoms with van der Waals surface area (Å²) in [6.45, 7) is 15.5. The minimum absolute atomic E-state index is 0. The van der Waals surface area contributed by atoms with Crippen molar-refractivity contribution < 1.29 is 69.5 Å². The van der Waals surface area contributed by atoms with E-state index >= 15 is 0 Å². The Morgan fingerprint density at radius 1 is 0.472 bits per heavy atom. The van der Waals surface area contributed by atoms with Gasteiger partial charge in [-0.25, -0.2) is 85.6 Å². The summed E-state index contributed by atoms with van der Waals surface area (Å²) in [4.78, 5) is 125. The Hall–Kier alpha value is -11.6. The molecule has 0 aliphatic rings. The number of thiazole rings is 3. The Bertz CT molecular complexity index is 5510. The van der Waals surface area contributed by atoms with Crippen LogP contribution in [0.15, 0.2) is 118 Å². The lowest BCUT2D eigenvalue weighted by Gasteiger charge is -2.13. The van der Waals surface area contributed by atoms with Gasteiger partial charge in [-0.15, -0.1) is 45.6 Å². The highest BCUT2D eigenvalue weighted by Crippen LogP contribution is 2.34. The molecule has 0 radical (unpaired) electrons. The summed E-state index contributed by atoms with van der Waals surface area (Å²) in [6, 6.07) is 14.0. The van der Waals surface area contributed by atoms with Gasteiger partial charge in [-0.1, -0.05) is 19.0 Å². The lowest BCUT2D eigenvalue weighted by atomic mass is 10.3. The van der Waals surface area contributed by atoms with Crippen LogP contribution < -0.4 is 26.2 Å². The minimum Gasteiger partial charge on any atom is -0.508 e. The Morgan fingerprint density at radius 2 is 0.833 bits per heavy atom. The Kier molecular flexibility index (Phi) is 28.2. The van der Waals surface area contributed by atoms with Crippen molar-refractivity contribution in [3.05, 3.63) is 241 Å². The second kappa shape index (κ2) is 37.1. The molecule has 27 nitrogen and oxygen atoms in total. The Balaban J connectivity index is 0.000000192. The van der Waals surface area contributed by atoms with Crippen molar-refractivity contribution in [1.82, 2.24) is 73.5 Å². The highest BCUT2D eigenvalue weighted by molar-refractivity contribution is 7.16. The number of carbonyl (C=O) groups excluding carboxylic acids is 3. The Labute approximate surface area is 631 Å². The monoisotopic (exact) mass is 1580 g/mol. The van der Waals surface area contributed by atoms with Gasteiger partial charge in [-0.3, -0.25) is 43.0 Å². The molecular formula is C70H61Cl2F6N15O12S3. The van der Waals surface area contributed by atoms with Gasteiger partial charge in [0.2, 0.25) is 17.5 Å². The molecular weight excluding hydrogens is 1520 g/mol. The van der Waals surface area contributed by atoms with E-state index < -0.39 is 63.9 Å². The molecule has 0 fully saturated rings. The van der Waals surface area contributed by atoms with Gasteiger partial charge in [0.25, 0.3) is 16.7 Å². The van der Waals surface area contributed by atoms with E-state index in [9.17, 15) is 60.2 Å². The van der Waals surface area contributed by atoms with Crippen LogP contribution in [0.3, 0.4) is 0 Å². The van der Waals surface area contributed by atoms with Gasteiger partial charge in [0.1, 0.15) is 102 Å². The van der Waals surface area contributed by atoms with E-state index in [2.05, 4.69) is 59.8 Å². The van der Waals surface area contributed by atoms with Crippen LogP contribution in [-0.2, 0) is 33.3 Å². The molecule has 1 N–H and O–H groups in total. The first-order chi connectivity index (χ1) is 51.1. The summed E-state index contributed by atoms with van der Waals surface area (Å²) < 4.78 is 108. The van der Waals surface area contributed by atoms with Gasteiger partial charge in [-0.2, -0.15) is 0 Å². The van der Waals surface area contributed by atoms with Crippen LogP contribution in [0.1, 0.15) is 109 Å². The Morgan fingerprint density at radius 3 is 1.20 bits per heavy atom. The van der Waals surface area contributed by atoms with E-state index in [4.69, 9.17) is 46.9 Å². The third-order valence-corrected chi connectivity index (χ3v) is 17.7. The maximum Gasteiger partial charge on any atom is 0.376 e. The fourth-order valence-electron chi connectivity index (χ4n) is 9.40. The van der Waals surface area contributed by atoms with Crippen molar-refractivity contribution in [2.75, 3.05) is 19.8 Å². The zero-order chi connectivity index (χ0) is 77.5. The molecule has 0 bridgehead atoms. The molecule has 12 heterocycles. The van der Waals surface area contributed by atoms with Crippen LogP contribution in [-0.4, -0.2) is 116 Å². The lowest BCUT2D eigenvalue weighted by Crippen LogP contribution is -2.22. The number of aryl methyl sites for hydroxylation is 6. The van der Waals surface area contributed by atoms with Crippen molar-refractivity contribution in [3.8, 4) is 66.8 Å². The first kappa shape index (κ1) is 82.1. The quantitative estimate of drug-likeness (QED) is 0.0340. The number of rotatable bonds is 19. The average Bonchev–Trinajstić information content (AvgIpc) is 1.56. The summed E-state index contributed by atoms with van der Waals surface area (Å²) in [6.07, 6.45) is 7.00. The zero-order valence-corrected chi connectivity index (χ0v) is 61.4. The zero-order valence-electron chi connectivity index (χ0n) is 57.5. The summed E-state index contributed by atoms with van der Waals surface area (Å²) in [5.41, 5.74) is 1.26. The maximum atomic E-state index is 13.9. The molecule has 0 aromatic carbocycles. The number of halogens is 8. The van der Waals surface area contributed by atoms with Crippen molar-refractivity contribution in [1.29, 1.82) is 0 Å². The fraction of sp³-hybridized carbons (Fsp3) is 0.229. The predicted molar refractivity (Wildman–Crippen MR) is 387 cm³/mol. The van der Waals surface area contributed by atoms with Crippen molar-refractivity contribution in [3.63, 3.8) is 0 Å². The number of hydrogen-bond acceptors (Lipinski definition) is 27. The van der Waals surface area contributed by atoms with E-state index in [1.165, 1.54) is 84.5 Å². The van der Waals surface area contributed by atoms with Crippen LogP contribution in [0.5, 0.6) is 17.2 Å². The molecule has 0 aliphatic carbocycles. The summed E-state index contributed by atoms with van der Waals surface area (Å²) >= 11 is 15.5. The highest BCUT2D eigenvalue weighted by atomic mass is 35.5. The topological polar surface area (TPSA) is 338 Å². The van der Waals surface area contributed by atoms with Crippen molar-refractivity contribution in [2.45, 2.75) is 88.8 Å². The highest BCUT2D eigenvalue weighted by Gasteiger charge is 2.24. The van der Waals surface area contributed by atoms with Crippen LogP contribution in [0.4, 0.5) is 26.3 Å². The molecule has 108 heavy (non-hydrogen) atoms. The number of esters is 3. The predicted octanol–water partition coefficient (Wildman–Crippen LogP) is 13.2. The van der Waals surface area contributed by atoms with Gasteiger partial charge in [0.05, 0.1) is 50.0 Å². The molecule has 0 saturated heterocycles. The second-order valence-corrected chi connectivity index (χ2v) is 26.0.